The SMILES string of the molecule is CCNS(=O)(=O)c1ccc(C)c(C(=O)NCc2cccnc2)c1. The zero-order chi connectivity index (χ0) is 16.9. The van der Waals surface area contributed by atoms with Gasteiger partial charge in [0.05, 0.1) is 4.90 Å². The molecule has 7 heteroatoms. The van der Waals surface area contributed by atoms with Crippen LogP contribution in [0.4, 0.5) is 0 Å². The maximum absolute atomic E-state index is 12.3. The Balaban J connectivity index is 2.20. The Morgan fingerprint density at radius 3 is 2.70 bits per heavy atom. The maximum Gasteiger partial charge on any atom is 0.251 e. The molecule has 6 nitrogen and oxygen atoms in total. The van der Waals surface area contributed by atoms with Crippen molar-refractivity contribution in [3.63, 3.8) is 0 Å². The number of carbonyl (C=O) groups is 1. The van der Waals surface area contributed by atoms with E-state index in [2.05, 4.69) is 15.0 Å². The minimum absolute atomic E-state index is 0.0801. The van der Waals surface area contributed by atoms with Gasteiger partial charge in [-0.25, -0.2) is 13.1 Å². The number of carbonyl (C=O) groups excluding carboxylic acids is 1. The van der Waals surface area contributed by atoms with E-state index < -0.39 is 10.0 Å². The van der Waals surface area contributed by atoms with Crippen LogP contribution >= 0.6 is 0 Å². The van der Waals surface area contributed by atoms with Crippen LogP contribution in [0.15, 0.2) is 47.6 Å². The lowest BCUT2D eigenvalue weighted by atomic mass is 10.1. The van der Waals surface area contributed by atoms with Gasteiger partial charge in [0.25, 0.3) is 5.91 Å². The van der Waals surface area contributed by atoms with Crippen LogP contribution in [-0.2, 0) is 16.6 Å². The number of sulfonamides is 1. The summed E-state index contributed by atoms with van der Waals surface area (Å²) in [6, 6.07) is 8.16. The maximum atomic E-state index is 12.3. The Morgan fingerprint density at radius 2 is 2.04 bits per heavy atom. The highest BCUT2D eigenvalue weighted by atomic mass is 32.2. The van der Waals surface area contributed by atoms with Gasteiger partial charge in [0, 0.05) is 31.0 Å². The Kier molecular flexibility index (Phi) is 5.46. The van der Waals surface area contributed by atoms with Crippen LogP contribution in [0.2, 0.25) is 0 Å². The molecule has 0 radical (unpaired) electrons. The summed E-state index contributed by atoms with van der Waals surface area (Å²) in [6.07, 6.45) is 3.32. The number of hydrogen-bond donors (Lipinski definition) is 2. The van der Waals surface area contributed by atoms with Crippen molar-refractivity contribution in [2.24, 2.45) is 0 Å². The van der Waals surface area contributed by atoms with Gasteiger partial charge in [0.2, 0.25) is 10.0 Å². The highest BCUT2D eigenvalue weighted by Gasteiger charge is 2.17. The predicted molar refractivity (Wildman–Crippen MR) is 87.4 cm³/mol. The van der Waals surface area contributed by atoms with Crippen molar-refractivity contribution in [3.8, 4) is 0 Å². The largest absolute Gasteiger partial charge is 0.348 e. The van der Waals surface area contributed by atoms with Crippen molar-refractivity contribution in [2.45, 2.75) is 25.3 Å². The van der Waals surface area contributed by atoms with Crippen LogP contribution in [0, 0.1) is 6.92 Å². The Morgan fingerprint density at radius 1 is 1.26 bits per heavy atom. The Bertz CT molecular complexity index is 789. The van der Waals surface area contributed by atoms with Gasteiger partial charge < -0.3 is 5.32 Å². The molecule has 0 fully saturated rings. The first kappa shape index (κ1) is 17.1. The molecule has 0 bridgehead atoms. The van der Waals surface area contributed by atoms with Crippen LogP contribution in [0.25, 0.3) is 0 Å². The summed E-state index contributed by atoms with van der Waals surface area (Å²) < 4.78 is 26.5. The summed E-state index contributed by atoms with van der Waals surface area (Å²) in [5, 5.41) is 2.77. The molecule has 1 aromatic heterocycles. The summed E-state index contributed by atoms with van der Waals surface area (Å²) in [7, 11) is -3.59. The lowest BCUT2D eigenvalue weighted by Crippen LogP contribution is -2.26. The average molecular weight is 333 g/mol. The summed E-state index contributed by atoms with van der Waals surface area (Å²) in [4.78, 5) is 16.4. The number of nitrogens with zero attached hydrogens (tertiary/aromatic N) is 1. The third-order valence-corrected chi connectivity index (χ3v) is 4.82. The minimum atomic E-state index is -3.59. The van der Waals surface area contributed by atoms with Gasteiger partial charge in [-0.1, -0.05) is 19.1 Å². The number of nitrogens with one attached hydrogen (secondary N) is 2. The number of pyridine rings is 1. The van der Waals surface area contributed by atoms with Crippen molar-refractivity contribution < 1.29 is 13.2 Å². The van der Waals surface area contributed by atoms with Gasteiger partial charge in [-0.15, -0.1) is 0 Å². The van der Waals surface area contributed by atoms with Crippen LogP contribution in [-0.4, -0.2) is 25.9 Å². The molecule has 0 spiro atoms. The topological polar surface area (TPSA) is 88.2 Å². The van der Waals surface area contributed by atoms with Gasteiger partial charge in [-0.05, 0) is 36.2 Å². The van der Waals surface area contributed by atoms with Gasteiger partial charge in [-0.2, -0.15) is 0 Å². The molecule has 2 rings (SSSR count). The molecular formula is C16H19N3O3S. The zero-order valence-corrected chi connectivity index (χ0v) is 13.9. The standard InChI is InChI=1S/C16H19N3O3S/c1-3-19-23(21,22)14-7-6-12(2)15(9-14)16(20)18-11-13-5-4-8-17-10-13/h4-10,19H,3,11H2,1-2H3,(H,18,20). The van der Waals surface area contributed by atoms with Gasteiger partial charge in [-0.3, -0.25) is 9.78 Å². The van der Waals surface area contributed by atoms with E-state index in [4.69, 9.17) is 0 Å². The molecule has 0 atom stereocenters. The van der Waals surface area contributed by atoms with Crippen LogP contribution < -0.4 is 10.0 Å². The van der Waals surface area contributed by atoms with E-state index in [9.17, 15) is 13.2 Å². The van der Waals surface area contributed by atoms with Crippen LogP contribution in [0.5, 0.6) is 0 Å². The van der Waals surface area contributed by atoms with E-state index in [0.717, 1.165) is 5.56 Å². The lowest BCUT2D eigenvalue weighted by molar-refractivity contribution is 0.0950. The number of aromatic nitrogens is 1. The Labute approximate surface area is 136 Å². The molecule has 0 unspecified atom stereocenters. The summed E-state index contributed by atoms with van der Waals surface area (Å²) in [5.74, 6) is -0.320. The number of rotatable bonds is 6. The number of aryl methyl sites for hydroxylation is 1. The Hall–Kier alpha value is -2.25. The monoisotopic (exact) mass is 333 g/mol. The molecule has 0 aliphatic carbocycles. The third kappa shape index (κ3) is 4.37. The lowest BCUT2D eigenvalue weighted by Gasteiger charge is -2.10. The summed E-state index contributed by atoms with van der Waals surface area (Å²) >= 11 is 0. The molecule has 1 heterocycles. The summed E-state index contributed by atoms with van der Waals surface area (Å²) in [6.45, 7) is 4.09. The number of hydrogen-bond acceptors (Lipinski definition) is 4. The third-order valence-electron chi connectivity index (χ3n) is 3.27. The van der Waals surface area contributed by atoms with Crippen molar-refractivity contribution >= 4 is 15.9 Å². The van der Waals surface area contributed by atoms with E-state index in [1.807, 2.05) is 6.07 Å². The fraction of sp³-hybridized carbons (Fsp3) is 0.250. The second-order valence-electron chi connectivity index (χ2n) is 5.02. The van der Waals surface area contributed by atoms with E-state index in [1.165, 1.54) is 12.1 Å². The van der Waals surface area contributed by atoms with Gasteiger partial charge >= 0.3 is 0 Å². The van der Waals surface area contributed by atoms with E-state index in [-0.39, 0.29) is 10.8 Å². The van der Waals surface area contributed by atoms with Crippen molar-refractivity contribution in [1.82, 2.24) is 15.0 Å². The smallest absolute Gasteiger partial charge is 0.251 e. The molecule has 0 saturated carbocycles. The molecular weight excluding hydrogens is 314 g/mol. The zero-order valence-electron chi connectivity index (χ0n) is 13.0. The molecule has 1 amide bonds. The van der Waals surface area contributed by atoms with Gasteiger partial charge in [0.15, 0.2) is 0 Å². The summed E-state index contributed by atoms with van der Waals surface area (Å²) in [5.41, 5.74) is 1.92. The molecule has 23 heavy (non-hydrogen) atoms. The second kappa shape index (κ2) is 7.34. The first-order chi connectivity index (χ1) is 10.9. The number of benzene rings is 1. The first-order valence-electron chi connectivity index (χ1n) is 7.21. The minimum Gasteiger partial charge on any atom is -0.348 e. The van der Waals surface area contributed by atoms with Crippen LogP contribution in [0.1, 0.15) is 28.4 Å². The van der Waals surface area contributed by atoms with Crippen molar-refractivity contribution in [2.75, 3.05) is 6.54 Å². The normalized spacial score (nSPS) is 11.2. The average Bonchev–Trinajstić information content (AvgIpc) is 2.53. The molecule has 122 valence electrons. The predicted octanol–water partition coefficient (Wildman–Crippen LogP) is 1.62. The molecule has 1 aromatic carbocycles. The number of amides is 1. The second-order valence-corrected chi connectivity index (χ2v) is 6.79. The van der Waals surface area contributed by atoms with Crippen molar-refractivity contribution in [3.05, 3.63) is 59.4 Å². The fourth-order valence-corrected chi connectivity index (χ4v) is 3.13. The molecule has 2 aromatic rings. The fourth-order valence-electron chi connectivity index (χ4n) is 2.07. The van der Waals surface area contributed by atoms with E-state index >= 15 is 0 Å². The molecule has 2 N–H and O–H groups in total. The quantitative estimate of drug-likeness (QED) is 0.841. The first-order valence-corrected chi connectivity index (χ1v) is 8.70. The van der Waals surface area contributed by atoms with Crippen LogP contribution in [0.3, 0.4) is 0 Å². The van der Waals surface area contributed by atoms with E-state index in [0.29, 0.717) is 24.2 Å². The van der Waals surface area contributed by atoms with E-state index in [1.54, 1.807) is 38.4 Å². The molecule has 0 aliphatic heterocycles. The van der Waals surface area contributed by atoms with Crippen molar-refractivity contribution in [1.29, 1.82) is 0 Å². The molecule has 0 saturated heterocycles. The molecule has 0 aliphatic rings. The highest BCUT2D eigenvalue weighted by Crippen LogP contribution is 2.15. The van der Waals surface area contributed by atoms with Gasteiger partial charge in [0.1, 0.15) is 0 Å². The highest BCUT2D eigenvalue weighted by molar-refractivity contribution is 7.89.